The molecule has 79 heavy (non-hydrogen) atoms. The maximum atomic E-state index is 15.3. The predicted octanol–water partition coefficient (Wildman–Crippen LogP) is 21.0. The van der Waals surface area contributed by atoms with Crippen molar-refractivity contribution in [2.24, 2.45) is 0 Å². The Bertz CT molecular complexity index is 4470. The summed E-state index contributed by atoms with van der Waals surface area (Å²) in [5.41, 5.74) is 20.5. The summed E-state index contributed by atoms with van der Waals surface area (Å²) in [6, 6.07) is 75.8. The van der Waals surface area contributed by atoms with Crippen molar-refractivity contribution in [3.8, 4) is 78.1 Å². The molecule has 0 radical (unpaired) electrons. The molecule has 2 aromatic heterocycles. The van der Waals surface area contributed by atoms with E-state index in [0.29, 0.717) is 27.9 Å². The fourth-order valence-electron chi connectivity index (χ4n) is 12.3. The van der Waals surface area contributed by atoms with E-state index in [1.165, 1.54) is 6.07 Å². The lowest BCUT2D eigenvalue weighted by atomic mass is 9.90. The van der Waals surface area contributed by atoms with E-state index in [1.54, 1.807) is 13.0 Å². The quantitative estimate of drug-likeness (QED) is 0.135. The van der Waals surface area contributed by atoms with Gasteiger partial charge < -0.3 is 9.13 Å². The first-order valence-corrected chi connectivity index (χ1v) is 26.6. The summed E-state index contributed by atoms with van der Waals surface area (Å²) in [5, 5.41) is 4.11. The lowest BCUT2D eigenvalue weighted by Gasteiger charge is -2.22. The molecule has 2 heterocycles. The number of aryl methyl sites for hydroxylation is 5. The Balaban J connectivity index is 1.15. The number of hydrogen-bond acceptors (Lipinski definition) is 0. The van der Waals surface area contributed by atoms with Crippen LogP contribution in [0.15, 0.2) is 224 Å². The van der Waals surface area contributed by atoms with Gasteiger partial charge in [0.25, 0.3) is 0 Å². The van der Waals surface area contributed by atoms with Gasteiger partial charge in [-0.2, -0.15) is 13.2 Å². The first-order valence-electron chi connectivity index (χ1n) is 26.6. The molecule has 0 atom stereocenters. The smallest absolute Gasteiger partial charge is 0.310 e. The molecule has 0 amide bonds. The molecule has 6 heteroatoms. The molecule has 0 aliphatic rings. The third-order valence-electron chi connectivity index (χ3n) is 16.1. The van der Waals surface area contributed by atoms with Gasteiger partial charge in [-0.25, -0.2) is 4.85 Å². The molecule has 0 saturated carbocycles. The summed E-state index contributed by atoms with van der Waals surface area (Å²) in [6.45, 7) is 19.2. The molecule has 0 aliphatic heterocycles. The van der Waals surface area contributed by atoms with Crippen molar-refractivity contribution in [1.29, 1.82) is 0 Å². The molecule has 11 aromatic carbocycles. The summed E-state index contributed by atoms with van der Waals surface area (Å²) in [5.74, 6) is 0. The zero-order chi connectivity index (χ0) is 54.3. The molecule has 0 spiro atoms. The van der Waals surface area contributed by atoms with Gasteiger partial charge in [-0.15, -0.1) is 0 Å². The number of benzene rings is 11. The lowest BCUT2D eigenvalue weighted by molar-refractivity contribution is -0.137. The number of rotatable bonds is 8. The van der Waals surface area contributed by atoms with Crippen molar-refractivity contribution in [2.45, 2.75) is 40.8 Å². The SMILES string of the molecule is [C-]#[N+]c1cccc(-n2c3ccc(-c4ccccc4C)cc3c3cc(-c4ccccc4C)ccc32)c1-c1cc(-c2c(C)cccc2C(F)(F)F)ccc1-n1c2ccc(-c3ccccc3C)cc2c2cc(-c3ccccc3C)ccc21. The number of alkyl halides is 3. The van der Waals surface area contributed by atoms with Gasteiger partial charge in [-0.1, -0.05) is 152 Å². The van der Waals surface area contributed by atoms with E-state index in [-0.39, 0.29) is 5.56 Å². The highest BCUT2D eigenvalue weighted by molar-refractivity contribution is 6.15. The molecular weight excluding hydrogens is 976 g/mol. The number of halogens is 3. The van der Waals surface area contributed by atoms with Gasteiger partial charge in [-0.3, -0.25) is 0 Å². The van der Waals surface area contributed by atoms with Crippen LogP contribution in [0.3, 0.4) is 0 Å². The zero-order valence-corrected chi connectivity index (χ0v) is 44.3. The largest absolute Gasteiger partial charge is 0.417 e. The van der Waals surface area contributed by atoms with Crippen LogP contribution in [-0.2, 0) is 6.18 Å². The van der Waals surface area contributed by atoms with Crippen molar-refractivity contribution < 1.29 is 13.2 Å². The molecule has 13 aromatic rings. The van der Waals surface area contributed by atoms with E-state index in [2.05, 4.69) is 212 Å². The van der Waals surface area contributed by atoms with Crippen LogP contribution in [0.2, 0.25) is 0 Å². The van der Waals surface area contributed by atoms with E-state index < -0.39 is 11.7 Å². The molecule has 0 bridgehead atoms. The van der Waals surface area contributed by atoms with Gasteiger partial charge in [0.1, 0.15) is 0 Å². The number of hydrogen-bond donors (Lipinski definition) is 0. The second-order valence-corrected chi connectivity index (χ2v) is 20.9. The van der Waals surface area contributed by atoms with Crippen LogP contribution in [-0.4, -0.2) is 9.13 Å². The maximum Gasteiger partial charge on any atom is 0.417 e. The number of nitrogens with zero attached hydrogens (tertiary/aromatic N) is 3. The van der Waals surface area contributed by atoms with Crippen LogP contribution < -0.4 is 0 Å². The topological polar surface area (TPSA) is 14.2 Å². The fraction of sp³-hybridized carbons (Fsp3) is 0.0822. The van der Waals surface area contributed by atoms with Crippen molar-refractivity contribution in [1.82, 2.24) is 9.13 Å². The summed E-state index contributed by atoms with van der Waals surface area (Å²) >= 11 is 0. The Labute approximate surface area is 457 Å². The monoisotopic (exact) mass is 1030 g/mol. The average molecular weight is 1030 g/mol. The summed E-state index contributed by atoms with van der Waals surface area (Å²) in [6.07, 6.45) is -4.63. The molecular formula is C73H52F3N3. The Hall–Kier alpha value is -9.70. The zero-order valence-electron chi connectivity index (χ0n) is 44.3. The van der Waals surface area contributed by atoms with E-state index in [1.807, 2.05) is 36.4 Å². The van der Waals surface area contributed by atoms with Gasteiger partial charge >= 0.3 is 6.18 Å². The first-order chi connectivity index (χ1) is 38.4. The van der Waals surface area contributed by atoms with Crippen LogP contribution in [0, 0.1) is 41.2 Å². The van der Waals surface area contributed by atoms with Crippen molar-refractivity contribution >= 4 is 49.3 Å². The summed E-state index contributed by atoms with van der Waals surface area (Å²) in [7, 11) is 0. The second-order valence-electron chi connectivity index (χ2n) is 20.9. The standard InChI is InChI=1S/C73H52F3N3/c1-44-17-7-11-22-54(44)49-29-34-65-58(39-49)59-40-50(55-23-12-8-18-45(55)2)30-35-66(59)78(65)69-38-33-53(71-48(5)21-15-26-63(71)73(74,75)76)43-62(69)72-64(77-6)27-16-28-70(72)79-67-36-31-51(56-24-13-9-19-46(56)3)41-60(67)61-42-52(32-37-68(61)79)57-25-14-10-20-47(57)4/h7-43H,1-5H3. The van der Waals surface area contributed by atoms with E-state index >= 15 is 13.2 Å². The second kappa shape index (κ2) is 19.1. The van der Waals surface area contributed by atoms with Gasteiger partial charge in [0, 0.05) is 32.8 Å². The third kappa shape index (κ3) is 8.20. The Morgan fingerprint density at radius 1 is 0.329 bits per heavy atom. The van der Waals surface area contributed by atoms with Crippen LogP contribution in [0.4, 0.5) is 18.9 Å². The molecule has 13 rings (SSSR count). The molecule has 0 fully saturated rings. The minimum absolute atomic E-state index is 0.0990. The molecule has 3 nitrogen and oxygen atoms in total. The van der Waals surface area contributed by atoms with Crippen LogP contribution in [0.25, 0.3) is 127 Å². The molecule has 0 unspecified atom stereocenters. The van der Waals surface area contributed by atoms with E-state index in [9.17, 15) is 0 Å². The van der Waals surface area contributed by atoms with Gasteiger partial charge in [0.2, 0.25) is 0 Å². The Morgan fingerprint density at radius 3 is 1.09 bits per heavy atom. The van der Waals surface area contributed by atoms with Crippen LogP contribution >= 0.6 is 0 Å². The fourth-order valence-corrected chi connectivity index (χ4v) is 12.3. The third-order valence-corrected chi connectivity index (χ3v) is 16.1. The molecule has 0 aliphatic carbocycles. The number of fused-ring (bicyclic) bond motifs is 6. The first kappa shape index (κ1) is 48.9. The predicted molar refractivity (Wildman–Crippen MR) is 323 cm³/mol. The van der Waals surface area contributed by atoms with Crippen molar-refractivity contribution in [2.75, 3.05) is 0 Å². The van der Waals surface area contributed by atoms with E-state index in [4.69, 9.17) is 6.57 Å². The van der Waals surface area contributed by atoms with Crippen molar-refractivity contribution in [3.05, 3.63) is 269 Å². The van der Waals surface area contributed by atoms with Gasteiger partial charge in [0.05, 0.1) is 39.9 Å². The van der Waals surface area contributed by atoms with Crippen LogP contribution in [0.5, 0.6) is 0 Å². The highest BCUT2D eigenvalue weighted by Crippen LogP contribution is 2.49. The van der Waals surface area contributed by atoms with Gasteiger partial charge in [0.15, 0.2) is 5.69 Å². The highest BCUT2D eigenvalue weighted by Gasteiger charge is 2.35. The maximum absolute atomic E-state index is 15.3. The minimum atomic E-state index is -4.63. The lowest BCUT2D eigenvalue weighted by Crippen LogP contribution is -2.08. The Kier molecular flexibility index (Phi) is 11.8. The normalized spacial score (nSPS) is 11.8. The van der Waals surface area contributed by atoms with E-state index in [0.717, 1.165) is 128 Å². The molecule has 0 saturated heterocycles. The van der Waals surface area contributed by atoms with Crippen molar-refractivity contribution in [3.63, 3.8) is 0 Å². The van der Waals surface area contributed by atoms with Gasteiger partial charge in [-0.05, 0) is 196 Å². The average Bonchev–Trinajstić information content (AvgIpc) is 4.11. The molecule has 380 valence electrons. The van der Waals surface area contributed by atoms with Crippen LogP contribution in [0.1, 0.15) is 33.4 Å². The molecule has 0 N–H and O–H groups in total. The minimum Gasteiger partial charge on any atom is -0.310 e. The Morgan fingerprint density at radius 2 is 0.696 bits per heavy atom. The summed E-state index contributed by atoms with van der Waals surface area (Å²) in [4.78, 5) is 4.28. The number of aromatic nitrogens is 2. The highest BCUT2D eigenvalue weighted by atomic mass is 19.4. The summed E-state index contributed by atoms with van der Waals surface area (Å²) < 4.78 is 50.3.